The van der Waals surface area contributed by atoms with Gasteiger partial charge in [-0.05, 0) is 27.2 Å². The highest BCUT2D eigenvalue weighted by Gasteiger charge is 2.24. The third-order valence-corrected chi connectivity index (χ3v) is 2.95. The van der Waals surface area contributed by atoms with E-state index in [9.17, 15) is 19.2 Å². The number of nitrogens with one attached hydrogen (secondary N) is 1. The van der Waals surface area contributed by atoms with Gasteiger partial charge in [0.1, 0.15) is 11.6 Å². The summed E-state index contributed by atoms with van der Waals surface area (Å²) in [5, 5.41) is 2.57. The first-order valence-corrected chi connectivity index (χ1v) is 7.39. The molecule has 0 aromatic carbocycles. The Morgan fingerprint density at radius 3 is 2.35 bits per heavy atom. The number of nitrogens with two attached hydrogens (primary N) is 1. The van der Waals surface area contributed by atoms with E-state index < -0.39 is 29.4 Å². The molecule has 0 saturated heterocycles. The van der Waals surface area contributed by atoms with Gasteiger partial charge in [0.15, 0.2) is 0 Å². The van der Waals surface area contributed by atoms with Crippen molar-refractivity contribution in [1.82, 2.24) is 10.2 Å². The highest BCUT2D eigenvalue weighted by Crippen LogP contribution is 2.09. The summed E-state index contributed by atoms with van der Waals surface area (Å²) in [6, 6.07) is -0.870. The Kier molecular flexibility index (Phi) is 6.44. The molecule has 0 fully saturated rings. The van der Waals surface area contributed by atoms with Crippen LogP contribution in [0.5, 0.6) is 0 Å². The molecule has 0 radical (unpaired) electrons. The van der Waals surface area contributed by atoms with Crippen molar-refractivity contribution in [2.45, 2.75) is 45.3 Å². The van der Waals surface area contributed by atoms with Gasteiger partial charge in [0.25, 0.3) is 11.8 Å². The van der Waals surface area contributed by atoms with E-state index >= 15 is 0 Å². The first-order chi connectivity index (χ1) is 10.6. The number of amides is 3. The predicted molar refractivity (Wildman–Crippen MR) is 81.9 cm³/mol. The molecule has 1 heterocycles. The minimum Gasteiger partial charge on any atom is -0.459 e. The van der Waals surface area contributed by atoms with Crippen LogP contribution in [0.15, 0.2) is 12.2 Å². The van der Waals surface area contributed by atoms with E-state index in [1.165, 1.54) is 12.2 Å². The summed E-state index contributed by atoms with van der Waals surface area (Å²) in [7, 11) is 0. The number of carbonyl (C=O) groups excluding carboxylic acids is 4. The Balaban J connectivity index is 2.23. The van der Waals surface area contributed by atoms with E-state index in [1.807, 2.05) is 0 Å². The van der Waals surface area contributed by atoms with E-state index in [1.54, 1.807) is 20.8 Å². The third kappa shape index (κ3) is 6.60. The first-order valence-electron chi connectivity index (χ1n) is 7.39. The Labute approximate surface area is 135 Å². The highest BCUT2D eigenvalue weighted by molar-refractivity contribution is 6.12. The number of ether oxygens (including phenoxy) is 1. The van der Waals surface area contributed by atoms with Crippen molar-refractivity contribution in [2.75, 3.05) is 13.1 Å². The van der Waals surface area contributed by atoms with Crippen LogP contribution in [-0.2, 0) is 23.9 Å². The molecule has 1 rings (SSSR count). The summed E-state index contributed by atoms with van der Waals surface area (Å²) in [6.45, 7) is 5.47. The minimum atomic E-state index is -0.870. The molecule has 1 aliphatic heterocycles. The number of rotatable bonds is 7. The van der Waals surface area contributed by atoms with Gasteiger partial charge in [-0.15, -0.1) is 0 Å². The summed E-state index contributed by atoms with van der Waals surface area (Å²) in [6.07, 6.45) is 2.58. The van der Waals surface area contributed by atoms with E-state index in [4.69, 9.17) is 10.5 Å². The standard InChI is InChI=1S/C15H23N3O5/c1-15(2,3)23-14(22)10(16)4-5-11(19)17-8-9-18-12(20)6-7-13(18)21/h6-7,10H,4-5,8-9,16H2,1-3H3,(H,17,19)/t10-/m1/s1. The maximum absolute atomic E-state index is 11.7. The largest absolute Gasteiger partial charge is 0.459 e. The maximum Gasteiger partial charge on any atom is 0.323 e. The molecule has 0 aromatic heterocycles. The van der Waals surface area contributed by atoms with Crippen LogP contribution in [0.25, 0.3) is 0 Å². The van der Waals surface area contributed by atoms with Gasteiger partial charge in [-0.3, -0.25) is 24.1 Å². The van der Waals surface area contributed by atoms with Gasteiger partial charge < -0.3 is 15.8 Å². The zero-order chi connectivity index (χ0) is 17.6. The summed E-state index contributed by atoms with van der Waals surface area (Å²) in [4.78, 5) is 47.0. The normalized spacial score (nSPS) is 15.7. The van der Waals surface area contributed by atoms with Crippen LogP contribution in [0.3, 0.4) is 0 Å². The summed E-state index contributed by atoms with van der Waals surface area (Å²) in [5.41, 5.74) is 5.05. The SMILES string of the molecule is CC(C)(C)OC(=O)[C@H](N)CCC(=O)NCCN1C(=O)C=CC1=O. The van der Waals surface area contributed by atoms with E-state index in [2.05, 4.69) is 5.32 Å². The van der Waals surface area contributed by atoms with Crippen LogP contribution in [-0.4, -0.2) is 53.3 Å². The van der Waals surface area contributed by atoms with Crippen LogP contribution in [0.4, 0.5) is 0 Å². The van der Waals surface area contributed by atoms with Gasteiger partial charge in [0.2, 0.25) is 5.91 Å². The molecule has 8 heteroatoms. The Hall–Kier alpha value is -2.22. The molecular weight excluding hydrogens is 302 g/mol. The Bertz CT molecular complexity index is 504. The molecule has 0 unspecified atom stereocenters. The fourth-order valence-corrected chi connectivity index (χ4v) is 1.83. The zero-order valence-electron chi connectivity index (χ0n) is 13.6. The first kappa shape index (κ1) is 18.8. The molecule has 3 N–H and O–H groups in total. The average Bonchev–Trinajstić information content (AvgIpc) is 2.74. The number of esters is 1. The smallest absolute Gasteiger partial charge is 0.323 e. The summed E-state index contributed by atoms with van der Waals surface area (Å²) in [5.74, 6) is -1.65. The molecule has 0 bridgehead atoms. The Morgan fingerprint density at radius 1 is 1.26 bits per heavy atom. The molecule has 0 spiro atoms. The topological polar surface area (TPSA) is 119 Å². The van der Waals surface area contributed by atoms with Crippen LogP contribution in [0.2, 0.25) is 0 Å². The van der Waals surface area contributed by atoms with Crippen molar-refractivity contribution in [3.05, 3.63) is 12.2 Å². The van der Waals surface area contributed by atoms with Crippen LogP contribution in [0, 0.1) is 0 Å². The minimum absolute atomic E-state index is 0.0561. The van der Waals surface area contributed by atoms with Gasteiger partial charge in [-0.25, -0.2) is 0 Å². The Morgan fingerprint density at radius 2 is 1.83 bits per heavy atom. The molecule has 128 valence electrons. The number of nitrogens with zero attached hydrogens (tertiary/aromatic N) is 1. The second-order valence-corrected chi connectivity index (χ2v) is 6.19. The van der Waals surface area contributed by atoms with Crippen LogP contribution < -0.4 is 11.1 Å². The van der Waals surface area contributed by atoms with E-state index in [-0.39, 0.29) is 31.8 Å². The molecule has 1 atom stereocenters. The molecule has 0 aromatic rings. The summed E-state index contributed by atoms with van der Waals surface area (Å²) >= 11 is 0. The van der Waals surface area contributed by atoms with Crippen molar-refractivity contribution in [3.63, 3.8) is 0 Å². The fourth-order valence-electron chi connectivity index (χ4n) is 1.83. The van der Waals surface area contributed by atoms with Gasteiger partial charge in [-0.1, -0.05) is 0 Å². The number of imide groups is 1. The molecule has 1 aliphatic rings. The van der Waals surface area contributed by atoms with Crippen molar-refractivity contribution in [2.24, 2.45) is 5.73 Å². The van der Waals surface area contributed by atoms with E-state index in [0.717, 1.165) is 4.90 Å². The molecule has 23 heavy (non-hydrogen) atoms. The number of hydrogen-bond acceptors (Lipinski definition) is 6. The van der Waals surface area contributed by atoms with Crippen LogP contribution in [0.1, 0.15) is 33.6 Å². The second kappa shape index (κ2) is 7.87. The lowest BCUT2D eigenvalue weighted by atomic mass is 10.1. The number of hydrogen-bond donors (Lipinski definition) is 2. The van der Waals surface area contributed by atoms with Crippen LogP contribution >= 0.6 is 0 Å². The fraction of sp³-hybridized carbons (Fsp3) is 0.600. The van der Waals surface area contributed by atoms with Crippen molar-refractivity contribution >= 4 is 23.7 Å². The highest BCUT2D eigenvalue weighted by atomic mass is 16.6. The molecule has 3 amide bonds. The third-order valence-electron chi connectivity index (χ3n) is 2.95. The predicted octanol–water partition coefficient (Wildman–Crippen LogP) is -0.523. The maximum atomic E-state index is 11.7. The molecular formula is C15H23N3O5. The van der Waals surface area contributed by atoms with Gasteiger partial charge in [0.05, 0.1) is 0 Å². The number of carbonyl (C=O) groups is 4. The zero-order valence-corrected chi connectivity index (χ0v) is 13.6. The average molecular weight is 325 g/mol. The molecule has 8 nitrogen and oxygen atoms in total. The lowest BCUT2D eigenvalue weighted by Gasteiger charge is -2.22. The second-order valence-electron chi connectivity index (χ2n) is 6.19. The lowest BCUT2D eigenvalue weighted by Crippen LogP contribution is -2.40. The van der Waals surface area contributed by atoms with Gasteiger partial charge >= 0.3 is 5.97 Å². The van der Waals surface area contributed by atoms with Gasteiger partial charge in [-0.2, -0.15) is 0 Å². The lowest BCUT2D eigenvalue weighted by molar-refractivity contribution is -0.156. The van der Waals surface area contributed by atoms with Gasteiger partial charge in [0, 0.05) is 31.7 Å². The monoisotopic (exact) mass is 325 g/mol. The van der Waals surface area contributed by atoms with Crippen molar-refractivity contribution in [3.8, 4) is 0 Å². The van der Waals surface area contributed by atoms with Crippen molar-refractivity contribution in [1.29, 1.82) is 0 Å². The quantitative estimate of drug-likeness (QED) is 0.480. The molecule has 0 aliphatic carbocycles. The summed E-state index contributed by atoms with van der Waals surface area (Å²) < 4.78 is 5.12. The van der Waals surface area contributed by atoms with Crippen molar-refractivity contribution < 1.29 is 23.9 Å². The molecule has 0 saturated carbocycles. The van der Waals surface area contributed by atoms with E-state index in [0.29, 0.717) is 0 Å².